The van der Waals surface area contributed by atoms with Gasteiger partial charge in [-0.3, -0.25) is 10.1 Å². The number of hydrogen-bond acceptors (Lipinski definition) is 5. The highest BCUT2D eigenvalue weighted by molar-refractivity contribution is 9.10. The zero-order valence-corrected chi connectivity index (χ0v) is 18.2. The Morgan fingerprint density at radius 3 is 2.45 bits per heavy atom. The molecule has 0 aliphatic rings. The Balaban J connectivity index is 2.22. The topological polar surface area (TPSA) is 77.8 Å². The lowest BCUT2D eigenvalue weighted by molar-refractivity contribution is -0.164. The van der Waals surface area contributed by atoms with Gasteiger partial charge in [0.25, 0.3) is 0 Å². The highest BCUT2D eigenvalue weighted by Crippen LogP contribution is 2.34. The van der Waals surface area contributed by atoms with E-state index in [1.54, 1.807) is 17.5 Å². The third-order valence-electron chi connectivity index (χ3n) is 4.03. The molecule has 0 aliphatic carbocycles. The summed E-state index contributed by atoms with van der Waals surface area (Å²) in [6.45, 7) is 3.58. The van der Waals surface area contributed by atoms with E-state index in [1.165, 1.54) is 23.5 Å². The summed E-state index contributed by atoms with van der Waals surface area (Å²) in [6, 6.07) is 4.58. The number of amides is 1. The second-order valence-corrected chi connectivity index (χ2v) is 8.47. The molecule has 2 rings (SSSR count). The van der Waals surface area contributed by atoms with Crippen LogP contribution in [0, 0.1) is 17.2 Å². The van der Waals surface area contributed by atoms with E-state index in [4.69, 9.17) is 5.26 Å². The molecule has 2 N–H and O–H groups in total. The quantitative estimate of drug-likeness (QED) is 0.522. The zero-order chi connectivity index (χ0) is 21.6. The van der Waals surface area contributed by atoms with Gasteiger partial charge in [0.15, 0.2) is 6.04 Å². The van der Waals surface area contributed by atoms with E-state index >= 15 is 0 Å². The first kappa shape index (κ1) is 23.3. The largest absolute Gasteiger partial charge is 0.412 e. The fraction of sp³-hybridized carbons (Fsp3) is 0.421. The minimum Gasteiger partial charge on any atom is -0.339 e. The standard InChI is InChI=1S/C19H20BrF3N4OS/c1-11(2)9-14(25-8-7-24)17(28)27-16(19(21,22)23)12-3-5-13(6-4-12)18-26-15(20)10-29-18/h3-6,10-11,14,16,25H,8-9H2,1-2H3,(H,27,28)/t14-,16-/m0/s1. The third kappa shape index (κ3) is 6.80. The smallest absolute Gasteiger partial charge is 0.339 e. The van der Waals surface area contributed by atoms with Crippen LogP contribution < -0.4 is 10.6 Å². The van der Waals surface area contributed by atoms with Crippen LogP contribution in [-0.4, -0.2) is 29.7 Å². The monoisotopic (exact) mass is 488 g/mol. The van der Waals surface area contributed by atoms with Crippen molar-refractivity contribution in [1.82, 2.24) is 15.6 Å². The molecule has 0 radical (unpaired) electrons. The molecule has 156 valence electrons. The number of rotatable bonds is 8. The van der Waals surface area contributed by atoms with Gasteiger partial charge in [0.1, 0.15) is 9.61 Å². The van der Waals surface area contributed by atoms with E-state index in [-0.39, 0.29) is 18.0 Å². The third-order valence-corrected chi connectivity index (χ3v) is 5.63. The van der Waals surface area contributed by atoms with Crippen molar-refractivity contribution >= 4 is 33.2 Å². The predicted octanol–water partition coefficient (Wildman–Crippen LogP) is 4.82. The Hall–Kier alpha value is -1.96. The fourth-order valence-electron chi connectivity index (χ4n) is 2.73. The van der Waals surface area contributed by atoms with Crippen molar-refractivity contribution in [2.24, 2.45) is 5.92 Å². The molecule has 29 heavy (non-hydrogen) atoms. The highest BCUT2D eigenvalue weighted by Gasteiger charge is 2.42. The van der Waals surface area contributed by atoms with Gasteiger partial charge in [0.05, 0.1) is 18.7 Å². The van der Waals surface area contributed by atoms with Gasteiger partial charge >= 0.3 is 6.18 Å². The van der Waals surface area contributed by atoms with Gasteiger partial charge in [-0.05, 0) is 33.8 Å². The van der Waals surface area contributed by atoms with Crippen molar-refractivity contribution in [3.63, 3.8) is 0 Å². The Bertz CT molecular complexity index is 862. The molecule has 1 amide bonds. The summed E-state index contributed by atoms with van der Waals surface area (Å²) >= 11 is 4.61. The molecule has 5 nitrogen and oxygen atoms in total. The molecule has 0 spiro atoms. The molecule has 2 atom stereocenters. The van der Waals surface area contributed by atoms with E-state index in [9.17, 15) is 18.0 Å². The first-order chi connectivity index (χ1) is 13.6. The van der Waals surface area contributed by atoms with Gasteiger partial charge in [-0.15, -0.1) is 11.3 Å². The molecule has 0 aliphatic heterocycles. The number of aromatic nitrogens is 1. The zero-order valence-electron chi connectivity index (χ0n) is 15.8. The Morgan fingerprint density at radius 1 is 1.31 bits per heavy atom. The Morgan fingerprint density at radius 2 is 1.97 bits per heavy atom. The first-order valence-electron chi connectivity index (χ1n) is 8.80. The Kier molecular flexibility index (Phi) is 8.19. The van der Waals surface area contributed by atoms with Crippen LogP contribution in [0.3, 0.4) is 0 Å². The summed E-state index contributed by atoms with van der Waals surface area (Å²) in [5.41, 5.74) is 0.610. The summed E-state index contributed by atoms with van der Waals surface area (Å²) in [5.74, 6) is -0.720. The van der Waals surface area contributed by atoms with Crippen LogP contribution in [0.2, 0.25) is 0 Å². The van der Waals surface area contributed by atoms with Crippen LogP contribution in [0.25, 0.3) is 10.6 Å². The van der Waals surface area contributed by atoms with Crippen LogP contribution in [0.5, 0.6) is 0 Å². The first-order valence-corrected chi connectivity index (χ1v) is 10.5. The van der Waals surface area contributed by atoms with Crippen molar-refractivity contribution in [3.05, 3.63) is 39.8 Å². The SMILES string of the molecule is CC(C)C[C@H](NCC#N)C(=O)N[C@@H](c1ccc(-c2nc(Br)cs2)cc1)C(F)(F)F. The average Bonchev–Trinajstić information content (AvgIpc) is 3.08. The van der Waals surface area contributed by atoms with Gasteiger partial charge in [-0.25, -0.2) is 4.98 Å². The number of alkyl halides is 3. The number of nitrogens with zero attached hydrogens (tertiary/aromatic N) is 2. The summed E-state index contributed by atoms with van der Waals surface area (Å²) < 4.78 is 41.7. The average molecular weight is 489 g/mol. The molecule has 1 heterocycles. The molecule has 0 unspecified atom stereocenters. The molecule has 1 aromatic heterocycles. The summed E-state index contributed by atoms with van der Waals surface area (Å²) in [4.78, 5) is 16.8. The number of carbonyl (C=O) groups excluding carboxylic acids is 1. The van der Waals surface area contributed by atoms with Gasteiger partial charge < -0.3 is 5.32 Å². The number of nitriles is 1. The maximum absolute atomic E-state index is 13.7. The maximum Gasteiger partial charge on any atom is 0.412 e. The highest BCUT2D eigenvalue weighted by atomic mass is 79.9. The molecule has 10 heteroatoms. The summed E-state index contributed by atoms with van der Waals surface area (Å²) in [5, 5.41) is 16.0. The Labute approximate surface area is 179 Å². The number of halogens is 4. The molecule has 0 bridgehead atoms. The van der Waals surface area contributed by atoms with E-state index in [1.807, 2.05) is 19.9 Å². The normalized spacial score (nSPS) is 13.7. The van der Waals surface area contributed by atoms with Crippen LogP contribution in [0.1, 0.15) is 31.9 Å². The molecular weight excluding hydrogens is 469 g/mol. The maximum atomic E-state index is 13.7. The molecule has 2 aromatic rings. The van der Waals surface area contributed by atoms with Crippen LogP contribution in [0.15, 0.2) is 34.2 Å². The lowest BCUT2D eigenvalue weighted by Crippen LogP contribution is -2.49. The van der Waals surface area contributed by atoms with Crippen molar-refractivity contribution in [2.75, 3.05) is 6.54 Å². The second-order valence-electron chi connectivity index (χ2n) is 6.80. The fourth-order valence-corrected chi connectivity index (χ4v) is 3.99. The van der Waals surface area contributed by atoms with Crippen LogP contribution >= 0.6 is 27.3 Å². The molecular formula is C19H20BrF3N4OS. The number of benzene rings is 1. The number of nitrogens with one attached hydrogen (secondary N) is 2. The summed E-state index contributed by atoms with van der Waals surface area (Å²) in [6.07, 6.45) is -4.35. The minimum absolute atomic E-state index is 0.0678. The predicted molar refractivity (Wildman–Crippen MR) is 109 cm³/mol. The molecule has 1 aromatic carbocycles. The van der Waals surface area contributed by atoms with Crippen molar-refractivity contribution in [3.8, 4) is 16.6 Å². The lowest BCUT2D eigenvalue weighted by Gasteiger charge is -2.26. The molecule has 0 saturated carbocycles. The van der Waals surface area contributed by atoms with Gasteiger partial charge in [-0.1, -0.05) is 38.1 Å². The lowest BCUT2D eigenvalue weighted by atomic mass is 10.0. The van der Waals surface area contributed by atoms with E-state index in [0.717, 1.165) is 0 Å². The minimum atomic E-state index is -4.67. The van der Waals surface area contributed by atoms with E-state index < -0.39 is 24.2 Å². The second kappa shape index (κ2) is 10.2. The van der Waals surface area contributed by atoms with Crippen LogP contribution in [0.4, 0.5) is 13.2 Å². The molecule has 0 fully saturated rings. The van der Waals surface area contributed by atoms with Gasteiger partial charge in [0, 0.05) is 10.9 Å². The van der Waals surface area contributed by atoms with Gasteiger partial charge in [0.2, 0.25) is 5.91 Å². The number of hydrogen-bond donors (Lipinski definition) is 2. The molecule has 0 saturated heterocycles. The van der Waals surface area contributed by atoms with E-state index in [2.05, 4.69) is 31.5 Å². The number of thiazole rings is 1. The summed E-state index contributed by atoms with van der Waals surface area (Å²) in [7, 11) is 0. The number of carbonyl (C=O) groups is 1. The van der Waals surface area contributed by atoms with Crippen molar-refractivity contribution in [1.29, 1.82) is 5.26 Å². The van der Waals surface area contributed by atoms with Crippen LogP contribution in [-0.2, 0) is 4.79 Å². The van der Waals surface area contributed by atoms with Crippen molar-refractivity contribution in [2.45, 2.75) is 38.5 Å². The van der Waals surface area contributed by atoms with Gasteiger partial charge in [-0.2, -0.15) is 18.4 Å². The van der Waals surface area contributed by atoms with Crippen molar-refractivity contribution < 1.29 is 18.0 Å². The van der Waals surface area contributed by atoms with E-state index in [0.29, 0.717) is 21.6 Å².